The molecule has 6 nitrogen and oxygen atoms in total. The summed E-state index contributed by atoms with van der Waals surface area (Å²) in [7, 11) is 2.16. The van der Waals surface area contributed by atoms with Crippen LogP contribution in [0.5, 0.6) is 0 Å². The molecule has 3 heterocycles. The molecule has 0 spiro atoms. The summed E-state index contributed by atoms with van der Waals surface area (Å²) in [6.45, 7) is 5.26. The van der Waals surface area contributed by atoms with Gasteiger partial charge in [0.15, 0.2) is 0 Å². The molecule has 1 N–H and O–H groups in total. The van der Waals surface area contributed by atoms with E-state index in [0.29, 0.717) is 6.04 Å². The number of piperidine rings is 1. The summed E-state index contributed by atoms with van der Waals surface area (Å²) in [5.41, 5.74) is 5.17. The standard InChI is InChI=1S/C18H26N6/c1-13-10-18(20-12-19-13)23(2)14-6-8-24(9-7-14)11-17-15-4-3-5-16(15)21-22-17/h10,12,14H,3-9,11H2,1-2H3,(H,21,22). The highest BCUT2D eigenvalue weighted by atomic mass is 15.2. The number of nitrogens with zero attached hydrogens (tertiary/aromatic N) is 5. The summed E-state index contributed by atoms with van der Waals surface area (Å²) in [6, 6.07) is 2.62. The number of anilines is 1. The molecule has 0 unspecified atom stereocenters. The molecule has 1 fully saturated rings. The number of likely N-dealkylation sites (tertiary alicyclic amines) is 1. The summed E-state index contributed by atoms with van der Waals surface area (Å²) >= 11 is 0. The first-order valence-electron chi connectivity index (χ1n) is 8.99. The number of H-pyrrole nitrogens is 1. The van der Waals surface area contributed by atoms with Crippen molar-refractivity contribution in [2.45, 2.75) is 51.6 Å². The number of rotatable bonds is 4. The summed E-state index contributed by atoms with van der Waals surface area (Å²) in [4.78, 5) is 13.5. The molecule has 2 aromatic rings. The van der Waals surface area contributed by atoms with Crippen LogP contribution in [-0.4, -0.2) is 51.2 Å². The molecule has 1 aliphatic carbocycles. The van der Waals surface area contributed by atoms with Crippen molar-refractivity contribution in [2.75, 3.05) is 25.0 Å². The predicted octanol–water partition coefficient (Wildman–Crippen LogP) is 2.10. The van der Waals surface area contributed by atoms with Crippen LogP contribution in [0.25, 0.3) is 0 Å². The minimum Gasteiger partial charge on any atom is -0.356 e. The number of fused-ring (bicyclic) bond motifs is 1. The first kappa shape index (κ1) is 15.6. The van der Waals surface area contributed by atoms with E-state index in [-0.39, 0.29) is 0 Å². The average Bonchev–Trinajstić information content (AvgIpc) is 3.20. The lowest BCUT2D eigenvalue weighted by atomic mass is 10.0. The SMILES string of the molecule is Cc1cc(N(C)C2CCN(Cc3n[nH]c4c3CCC4)CC2)ncn1. The molecule has 0 radical (unpaired) electrons. The molecule has 2 aromatic heterocycles. The van der Waals surface area contributed by atoms with Gasteiger partial charge in [-0.3, -0.25) is 10.00 Å². The lowest BCUT2D eigenvalue weighted by Gasteiger charge is -2.37. The molecule has 0 bridgehead atoms. The van der Waals surface area contributed by atoms with Gasteiger partial charge in [0.25, 0.3) is 0 Å². The maximum absolute atomic E-state index is 4.55. The zero-order valence-electron chi connectivity index (χ0n) is 14.6. The van der Waals surface area contributed by atoms with Gasteiger partial charge in [0.2, 0.25) is 0 Å². The highest BCUT2D eigenvalue weighted by molar-refractivity contribution is 5.39. The number of aromatic nitrogens is 4. The number of nitrogens with one attached hydrogen (secondary N) is 1. The average molecular weight is 326 g/mol. The van der Waals surface area contributed by atoms with Crippen LogP contribution in [0.15, 0.2) is 12.4 Å². The Kier molecular flexibility index (Phi) is 4.22. The molecule has 1 aliphatic heterocycles. The van der Waals surface area contributed by atoms with Gasteiger partial charge in [-0.15, -0.1) is 0 Å². The van der Waals surface area contributed by atoms with Crippen LogP contribution >= 0.6 is 0 Å². The van der Waals surface area contributed by atoms with E-state index in [2.05, 4.69) is 43.1 Å². The summed E-state index contributed by atoms with van der Waals surface area (Å²) in [6.07, 6.45) is 7.66. The van der Waals surface area contributed by atoms with E-state index in [1.165, 1.54) is 49.1 Å². The van der Waals surface area contributed by atoms with Gasteiger partial charge in [-0.25, -0.2) is 9.97 Å². The highest BCUT2D eigenvalue weighted by Crippen LogP contribution is 2.26. The second-order valence-electron chi connectivity index (χ2n) is 7.12. The van der Waals surface area contributed by atoms with Crippen LogP contribution in [-0.2, 0) is 19.4 Å². The molecule has 6 heteroatoms. The summed E-state index contributed by atoms with van der Waals surface area (Å²) in [5, 5.41) is 7.78. The van der Waals surface area contributed by atoms with Gasteiger partial charge < -0.3 is 4.90 Å². The summed E-state index contributed by atoms with van der Waals surface area (Å²) < 4.78 is 0. The Hall–Kier alpha value is -1.95. The number of aromatic amines is 1. The van der Waals surface area contributed by atoms with Crippen molar-refractivity contribution in [3.63, 3.8) is 0 Å². The van der Waals surface area contributed by atoms with Crippen LogP contribution in [0.3, 0.4) is 0 Å². The van der Waals surface area contributed by atoms with E-state index < -0.39 is 0 Å². The zero-order valence-corrected chi connectivity index (χ0v) is 14.6. The van der Waals surface area contributed by atoms with Crippen molar-refractivity contribution >= 4 is 5.82 Å². The third-order valence-corrected chi connectivity index (χ3v) is 5.52. The molecular weight excluding hydrogens is 300 g/mol. The van der Waals surface area contributed by atoms with E-state index in [4.69, 9.17) is 0 Å². The van der Waals surface area contributed by atoms with Crippen molar-refractivity contribution < 1.29 is 0 Å². The van der Waals surface area contributed by atoms with Crippen LogP contribution in [0, 0.1) is 6.92 Å². The monoisotopic (exact) mass is 326 g/mol. The molecule has 0 amide bonds. The largest absolute Gasteiger partial charge is 0.356 e. The third kappa shape index (κ3) is 3.02. The van der Waals surface area contributed by atoms with Crippen LogP contribution < -0.4 is 4.90 Å². The van der Waals surface area contributed by atoms with Crippen LogP contribution in [0.2, 0.25) is 0 Å². The maximum atomic E-state index is 4.55. The smallest absolute Gasteiger partial charge is 0.132 e. The van der Waals surface area contributed by atoms with Crippen molar-refractivity contribution in [3.05, 3.63) is 35.0 Å². The second-order valence-corrected chi connectivity index (χ2v) is 7.12. The van der Waals surface area contributed by atoms with Crippen molar-refractivity contribution in [3.8, 4) is 0 Å². The van der Waals surface area contributed by atoms with Crippen molar-refractivity contribution in [1.82, 2.24) is 25.1 Å². The molecular formula is C18H26N6. The molecule has 4 rings (SSSR count). The van der Waals surface area contributed by atoms with E-state index >= 15 is 0 Å². The molecule has 0 atom stereocenters. The van der Waals surface area contributed by atoms with Gasteiger partial charge >= 0.3 is 0 Å². The lowest BCUT2D eigenvalue weighted by molar-refractivity contribution is 0.200. The van der Waals surface area contributed by atoms with Gasteiger partial charge in [0.1, 0.15) is 12.1 Å². The first-order valence-corrected chi connectivity index (χ1v) is 8.99. The van der Waals surface area contributed by atoms with Crippen molar-refractivity contribution in [2.24, 2.45) is 0 Å². The zero-order chi connectivity index (χ0) is 16.5. The minimum absolute atomic E-state index is 0.556. The van der Waals surface area contributed by atoms with Gasteiger partial charge in [-0.05, 0) is 44.6 Å². The molecule has 0 saturated carbocycles. The highest BCUT2D eigenvalue weighted by Gasteiger charge is 2.25. The fourth-order valence-electron chi connectivity index (χ4n) is 4.02. The maximum Gasteiger partial charge on any atom is 0.132 e. The Morgan fingerprint density at radius 1 is 1.25 bits per heavy atom. The lowest BCUT2D eigenvalue weighted by Crippen LogP contribution is -2.43. The molecule has 2 aliphatic rings. The number of hydrogen-bond acceptors (Lipinski definition) is 5. The Labute approximate surface area is 143 Å². The predicted molar refractivity (Wildman–Crippen MR) is 94.1 cm³/mol. The number of aryl methyl sites for hydroxylation is 2. The molecule has 24 heavy (non-hydrogen) atoms. The molecule has 0 aromatic carbocycles. The Bertz CT molecular complexity index is 701. The van der Waals surface area contributed by atoms with Gasteiger partial charge in [0, 0.05) is 50.2 Å². The molecule has 128 valence electrons. The van der Waals surface area contributed by atoms with Crippen LogP contribution in [0.4, 0.5) is 5.82 Å². The quantitative estimate of drug-likeness (QED) is 0.932. The fourth-order valence-corrected chi connectivity index (χ4v) is 4.02. The van der Waals surface area contributed by atoms with E-state index in [1.807, 2.05) is 6.92 Å². The number of hydrogen-bond donors (Lipinski definition) is 1. The second kappa shape index (κ2) is 6.51. The van der Waals surface area contributed by atoms with Gasteiger partial charge in [0.05, 0.1) is 5.69 Å². The van der Waals surface area contributed by atoms with Crippen molar-refractivity contribution in [1.29, 1.82) is 0 Å². The normalized spacial score (nSPS) is 18.8. The first-order chi connectivity index (χ1) is 11.7. The fraction of sp³-hybridized carbons (Fsp3) is 0.611. The van der Waals surface area contributed by atoms with E-state index in [1.54, 1.807) is 6.33 Å². The third-order valence-electron chi connectivity index (χ3n) is 5.52. The topological polar surface area (TPSA) is 60.9 Å². The Morgan fingerprint density at radius 2 is 2.08 bits per heavy atom. The van der Waals surface area contributed by atoms with E-state index in [9.17, 15) is 0 Å². The minimum atomic E-state index is 0.556. The molecule has 1 saturated heterocycles. The van der Waals surface area contributed by atoms with Gasteiger partial charge in [-0.2, -0.15) is 5.10 Å². The summed E-state index contributed by atoms with van der Waals surface area (Å²) in [5.74, 6) is 1.03. The van der Waals surface area contributed by atoms with Gasteiger partial charge in [-0.1, -0.05) is 0 Å². The Balaban J connectivity index is 1.35. The van der Waals surface area contributed by atoms with E-state index in [0.717, 1.165) is 31.1 Å². The Morgan fingerprint density at radius 3 is 2.88 bits per heavy atom. The van der Waals surface area contributed by atoms with Crippen LogP contribution in [0.1, 0.15) is 41.9 Å².